The number of nitrogens with zero attached hydrogens (tertiary/aromatic N) is 1. The zero-order valence-corrected chi connectivity index (χ0v) is 16.8. The third-order valence-corrected chi connectivity index (χ3v) is 5.72. The van der Waals surface area contributed by atoms with Crippen molar-refractivity contribution in [3.8, 4) is 0 Å². The lowest BCUT2D eigenvalue weighted by Gasteiger charge is -2.32. The molecule has 3 aromatic rings. The predicted molar refractivity (Wildman–Crippen MR) is 115 cm³/mol. The maximum absolute atomic E-state index is 13.3. The second-order valence-corrected chi connectivity index (χ2v) is 7.84. The molecule has 1 aliphatic rings. The highest BCUT2D eigenvalue weighted by molar-refractivity contribution is 5.90. The minimum absolute atomic E-state index is 0.0500. The summed E-state index contributed by atoms with van der Waals surface area (Å²) in [7, 11) is 0. The lowest BCUT2D eigenvalue weighted by molar-refractivity contribution is -0.135. The first-order valence-electron chi connectivity index (χ1n) is 10.4. The van der Waals surface area contributed by atoms with Gasteiger partial charge in [0, 0.05) is 19.6 Å². The number of benzene rings is 3. The summed E-state index contributed by atoms with van der Waals surface area (Å²) >= 11 is 0. The normalized spacial score (nSPS) is 16.4. The monoisotopic (exact) mass is 404 g/mol. The molecular formula is C25H25FN2O2. The van der Waals surface area contributed by atoms with Gasteiger partial charge in [0.1, 0.15) is 5.82 Å². The molecule has 154 valence electrons. The summed E-state index contributed by atoms with van der Waals surface area (Å²) in [6.07, 6.45) is 1.89. The molecule has 1 heterocycles. The van der Waals surface area contributed by atoms with Gasteiger partial charge in [0.15, 0.2) is 0 Å². The van der Waals surface area contributed by atoms with Gasteiger partial charge in [0.25, 0.3) is 0 Å². The van der Waals surface area contributed by atoms with Crippen molar-refractivity contribution in [3.05, 3.63) is 83.7 Å². The van der Waals surface area contributed by atoms with E-state index in [-0.39, 0.29) is 30.1 Å². The van der Waals surface area contributed by atoms with E-state index >= 15 is 0 Å². The number of piperidine rings is 1. The van der Waals surface area contributed by atoms with E-state index in [0.29, 0.717) is 19.5 Å². The lowest BCUT2D eigenvalue weighted by Crippen LogP contribution is -2.45. The number of nitrogens with one attached hydrogen (secondary N) is 1. The van der Waals surface area contributed by atoms with Crippen molar-refractivity contribution >= 4 is 22.6 Å². The van der Waals surface area contributed by atoms with E-state index in [9.17, 15) is 14.0 Å². The minimum Gasteiger partial charge on any atom is -0.352 e. The first kappa shape index (κ1) is 20.1. The van der Waals surface area contributed by atoms with Gasteiger partial charge in [-0.15, -0.1) is 0 Å². The Morgan fingerprint density at radius 3 is 2.70 bits per heavy atom. The van der Waals surface area contributed by atoms with Crippen LogP contribution in [-0.2, 0) is 22.6 Å². The van der Waals surface area contributed by atoms with Crippen LogP contribution in [0.1, 0.15) is 24.0 Å². The number of fused-ring (bicyclic) bond motifs is 1. The molecule has 0 bridgehead atoms. The molecule has 0 unspecified atom stereocenters. The van der Waals surface area contributed by atoms with Crippen LogP contribution in [0, 0.1) is 11.7 Å². The number of hydrogen-bond acceptors (Lipinski definition) is 2. The fraction of sp³-hybridized carbons (Fsp3) is 0.280. The van der Waals surface area contributed by atoms with E-state index < -0.39 is 0 Å². The van der Waals surface area contributed by atoms with Crippen LogP contribution in [0.2, 0.25) is 0 Å². The predicted octanol–water partition coefficient (Wildman–Crippen LogP) is 4.08. The Morgan fingerprint density at radius 1 is 1.03 bits per heavy atom. The van der Waals surface area contributed by atoms with Crippen LogP contribution in [0.4, 0.5) is 4.39 Å². The SMILES string of the molecule is O=C(NCc1cccc(F)c1)[C@H]1CCCN(C(=O)Cc2cccc3ccccc23)C1. The largest absolute Gasteiger partial charge is 0.352 e. The maximum atomic E-state index is 13.3. The summed E-state index contributed by atoms with van der Waals surface area (Å²) < 4.78 is 13.3. The topological polar surface area (TPSA) is 49.4 Å². The van der Waals surface area contributed by atoms with Gasteiger partial charge >= 0.3 is 0 Å². The third-order valence-electron chi connectivity index (χ3n) is 5.72. The maximum Gasteiger partial charge on any atom is 0.227 e. The van der Waals surface area contributed by atoms with E-state index in [1.807, 2.05) is 42.5 Å². The van der Waals surface area contributed by atoms with Gasteiger partial charge in [-0.05, 0) is 46.9 Å². The van der Waals surface area contributed by atoms with Crippen LogP contribution in [-0.4, -0.2) is 29.8 Å². The Morgan fingerprint density at radius 2 is 1.83 bits per heavy atom. The molecular weight excluding hydrogens is 379 g/mol. The number of rotatable bonds is 5. The van der Waals surface area contributed by atoms with Crippen LogP contribution < -0.4 is 5.32 Å². The van der Waals surface area contributed by atoms with Gasteiger partial charge in [-0.25, -0.2) is 4.39 Å². The highest BCUT2D eigenvalue weighted by atomic mass is 19.1. The summed E-state index contributed by atoms with van der Waals surface area (Å²) in [5.74, 6) is -0.579. The molecule has 4 rings (SSSR count). The Labute approximate surface area is 175 Å². The smallest absolute Gasteiger partial charge is 0.227 e. The van der Waals surface area contributed by atoms with E-state index in [2.05, 4.69) is 5.32 Å². The Kier molecular flexibility index (Phi) is 6.07. The summed E-state index contributed by atoms with van der Waals surface area (Å²) in [6.45, 7) is 1.40. The van der Waals surface area contributed by atoms with Crippen LogP contribution in [0.5, 0.6) is 0 Å². The van der Waals surface area contributed by atoms with E-state index in [4.69, 9.17) is 0 Å². The highest BCUT2D eigenvalue weighted by Gasteiger charge is 2.28. The van der Waals surface area contributed by atoms with Crippen LogP contribution >= 0.6 is 0 Å². The molecule has 0 saturated carbocycles. The Balaban J connectivity index is 1.37. The van der Waals surface area contributed by atoms with Gasteiger partial charge in [-0.3, -0.25) is 9.59 Å². The molecule has 0 spiro atoms. The fourth-order valence-electron chi connectivity index (χ4n) is 4.12. The van der Waals surface area contributed by atoms with Crippen LogP contribution in [0.25, 0.3) is 10.8 Å². The first-order chi connectivity index (χ1) is 14.6. The Hall–Kier alpha value is -3.21. The molecule has 3 aromatic carbocycles. The number of carbonyl (C=O) groups excluding carboxylic acids is 2. The van der Waals surface area contributed by atoms with E-state index in [1.165, 1.54) is 12.1 Å². The molecule has 1 aliphatic heterocycles. The molecule has 0 radical (unpaired) electrons. The van der Waals surface area contributed by atoms with Gasteiger partial charge in [-0.1, -0.05) is 54.6 Å². The average molecular weight is 404 g/mol. The Bertz CT molecular complexity index is 1060. The molecule has 4 nitrogen and oxygen atoms in total. The molecule has 1 saturated heterocycles. The molecule has 0 aromatic heterocycles. The van der Waals surface area contributed by atoms with Crippen molar-refractivity contribution in [1.29, 1.82) is 0 Å². The van der Waals surface area contributed by atoms with Crippen molar-refractivity contribution in [2.45, 2.75) is 25.8 Å². The van der Waals surface area contributed by atoms with Gasteiger partial charge in [-0.2, -0.15) is 0 Å². The van der Waals surface area contributed by atoms with Gasteiger partial charge < -0.3 is 10.2 Å². The second kappa shape index (κ2) is 9.08. The lowest BCUT2D eigenvalue weighted by atomic mass is 9.95. The molecule has 5 heteroatoms. The quantitative estimate of drug-likeness (QED) is 0.697. The second-order valence-electron chi connectivity index (χ2n) is 7.84. The third kappa shape index (κ3) is 4.67. The van der Waals surface area contributed by atoms with Crippen molar-refractivity contribution in [3.63, 3.8) is 0 Å². The number of hydrogen-bond donors (Lipinski definition) is 1. The van der Waals surface area contributed by atoms with Crippen molar-refractivity contribution < 1.29 is 14.0 Å². The van der Waals surface area contributed by atoms with Crippen molar-refractivity contribution in [1.82, 2.24) is 10.2 Å². The number of likely N-dealkylation sites (tertiary alicyclic amines) is 1. The molecule has 1 atom stereocenters. The molecule has 0 aliphatic carbocycles. The standard InChI is InChI=1S/C25H25FN2O2/c26-22-11-3-6-18(14-22)16-27-25(30)21-10-5-13-28(17-21)24(29)15-20-9-4-8-19-7-1-2-12-23(19)20/h1-4,6-9,11-12,14,21H,5,10,13,15-17H2,(H,27,30)/t21-/m0/s1. The number of amides is 2. The van der Waals surface area contributed by atoms with Crippen LogP contribution in [0.15, 0.2) is 66.7 Å². The van der Waals surface area contributed by atoms with Gasteiger partial charge in [0.05, 0.1) is 12.3 Å². The summed E-state index contributed by atoms with van der Waals surface area (Å²) in [4.78, 5) is 27.4. The molecule has 1 fully saturated rings. The number of carbonyl (C=O) groups is 2. The molecule has 2 amide bonds. The molecule has 30 heavy (non-hydrogen) atoms. The number of halogens is 1. The van der Waals surface area contributed by atoms with Crippen molar-refractivity contribution in [2.24, 2.45) is 5.92 Å². The first-order valence-corrected chi connectivity index (χ1v) is 10.4. The summed E-state index contributed by atoms with van der Waals surface area (Å²) in [5, 5.41) is 5.10. The average Bonchev–Trinajstić information content (AvgIpc) is 2.78. The van der Waals surface area contributed by atoms with Gasteiger partial charge in [0.2, 0.25) is 11.8 Å². The van der Waals surface area contributed by atoms with E-state index in [1.54, 1.807) is 17.0 Å². The fourth-order valence-corrected chi connectivity index (χ4v) is 4.12. The molecule has 1 N–H and O–H groups in total. The summed E-state index contributed by atoms with van der Waals surface area (Å²) in [6, 6.07) is 20.3. The highest BCUT2D eigenvalue weighted by Crippen LogP contribution is 2.22. The zero-order chi connectivity index (χ0) is 20.9. The minimum atomic E-state index is -0.315. The van der Waals surface area contributed by atoms with Crippen molar-refractivity contribution in [2.75, 3.05) is 13.1 Å². The summed E-state index contributed by atoms with van der Waals surface area (Å²) in [5.41, 5.74) is 1.74. The van der Waals surface area contributed by atoms with Crippen LogP contribution in [0.3, 0.4) is 0 Å². The zero-order valence-electron chi connectivity index (χ0n) is 16.8. The van der Waals surface area contributed by atoms with E-state index in [0.717, 1.165) is 34.7 Å².